The first kappa shape index (κ1) is 72.8. The maximum Gasteiger partial charge on any atom is 0.180 e. The number of hydrogen-bond donors (Lipinski definition) is 0. The Morgan fingerprint density at radius 2 is 0.354 bits per heavy atom. The zero-order chi connectivity index (χ0) is 69.3. The fraction of sp³-hybridized carbons (Fsp3) is 0.122. The summed E-state index contributed by atoms with van der Waals surface area (Å²) in [4.78, 5) is 8.22. The van der Waals surface area contributed by atoms with Crippen molar-refractivity contribution in [1.82, 2.24) is 0 Å². The molecular weight excluding hydrogens is 1310 g/mol. The van der Waals surface area contributed by atoms with E-state index in [0.717, 1.165) is 112 Å². The lowest BCUT2D eigenvalue weighted by atomic mass is 9.90. The van der Waals surface area contributed by atoms with Crippen LogP contribution < -0.4 is 19.6 Å². The second-order valence-electron chi connectivity index (χ2n) is 21.9. The first-order valence-corrected chi connectivity index (χ1v) is 32.2. The molecule has 10 aromatic carbocycles. The number of rotatable bonds is 8. The van der Waals surface area contributed by atoms with Crippen molar-refractivity contribution in [2.45, 2.75) is 8.59 Å². The summed E-state index contributed by atoms with van der Waals surface area (Å²) < 4.78 is -1.50. The van der Waals surface area contributed by atoms with Crippen LogP contribution in [0.2, 0.25) is 0 Å². The Morgan fingerprint density at radius 3 is 0.469 bits per heavy atom. The van der Waals surface area contributed by atoms with Gasteiger partial charge in [0.05, 0.1) is 22.3 Å². The third kappa shape index (κ3) is 21.7. The van der Waals surface area contributed by atoms with Gasteiger partial charge < -0.3 is 19.6 Å². The van der Waals surface area contributed by atoms with Crippen molar-refractivity contribution in [2.75, 3.05) is 76.0 Å². The summed E-state index contributed by atoms with van der Waals surface area (Å²) in [6.45, 7) is 0. The van der Waals surface area contributed by atoms with E-state index in [1.54, 1.807) is 24.3 Å². The minimum atomic E-state index is -0.750. The summed E-state index contributed by atoms with van der Waals surface area (Å²) in [6.07, 6.45) is 0. The van der Waals surface area contributed by atoms with E-state index in [9.17, 15) is 21.0 Å². The molecule has 472 valence electrons. The number of nitriles is 4. The molecule has 8 nitrogen and oxygen atoms in total. The molecule has 0 saturated carbocycles. The van der Waals surface area contributed by atoms with Crippen LogP contribution in [-0.2, 0) is 0 Å². The molecule has 10 rings (SSSR count). The van der Waals surface area contributed by atoms with Crippen molar-refractivity contribution < 1.29 is 0 Å². The Bertz CT molecular complexity index is 4130. The molecule has 0 atom stereocenters. The van der Waals surface area contributed by atoms with Crippen LogP contribution in [0, 0.1) is 92.7 Å². The minimum Gasteiger partial charge on any atom is -0.378 e. The molecule has 0 aliphatic heterocycles. The van der Waals surface area contributed by atoms with Crippen molar-refractivity contribution in [1.29, 1.82) is 21.0 Å². The van der Waals surface area contributed by atoms with Crippen LogP contribution in [0.15, 0.2) is 218 Å². The molecule has 0 saturated heterocycles. The van der Waals surface area contributed by atoms with E-state index in [1.807, 2.05) is 202 Å². The zero-order valence-corrected chi connectivity index (χ0v) is 58.3. The van der Waals surface area contributed by atoms with Crippen molar-refractivity contribution in [2.24, 2.45) is 0 Å². The van der Waals surface area contributed by atoms with Crippen LogP contribution >= 0.6 is 69.6 Å². The van der Waals surface area contributed by atoms with Crippen molar-refractivity contribution in [3.63, 3.8) is 0 Å². The Labute approximate surface area is 594 Å². The quantitative estimate of drug-likeness (QED) is 0.109. The molecule has 0 radical (unpaired) electrons. The molecule has 14 heteroatoms. The van der Waals surface area contributed by atoms with Gasteiger partial charge in [0.25, 0.3) is 0 Å². The van der Waals surface area contributed by atoms with Crippen LogP contribution in [0.3, 0.4) is 0 Å². The van der Waals surface area contributed by atoms with Gasteiger partial charge in [-0.25, -0.2) is 0 Å². The van der Waals surface area contributed by atoms with E-state index < -0.39 is 8.59 Å². The highest BCUT2D eigenvalue weighted by Crippen LogP contribution is 2.37. The summed E-state index contributed by atoms with van der Waals surface area (Å²) in [5.41, 5.74) is 20.5. The fourth-order valence-corrected chi connectivity index (χ4v) is 9.41. The monoisotopic (exact) mass is 1370 g/mol. The average Bonchev–Trinajstić information content (AvgIpc) is 0.832. The Balaban J connectivity index is 0.000000244. The molecule has 0 aromatic heterocycles. The number of hydrogen-bond acceptors (Lipinski definition) is 8. The van der Waals surface area contributed by atoms with Crippen LogP contribution in [0.4, 0.5) is 22.7 Å². The second-order valence-corrected chi connectivity index (χ2v) is 25.9. The van der Waals surface area contributed by atoms with E-state index in [0.29, 0.717) is 22.3 Å². The topological polar surface area (TPSA) is 108 Å². The number of anilines is 4. The normalized spacial score (nSPS) is 9.79. The molecule has 0 aliphatic carbocycles. The molecule has 96 heavy (non-hydrogen) atoms. The van der Waals surface area contributed by atoms with Crippen molar-refractivity contribution in [3.8, 4) is 116 Å². The largest absolute Gasteiger partial charge is 0.378 e. The summed E-state index contributed by atoms with van der Waals surface area (Å²) >= 11 is 28.8. The Morgan fingerprint density at radius 1 is 0.229 bits per heavy atom. The van der Waals surface area contributed by atoms with E-state index >= 15 is 0 Å². The fourth-order valence-electron chi connectivity index (χ4n) is 9.41. The van der Waals surface area contributed by atoms with E-state index in [1.165, 1.54) is 0 Å². The highest BCUT2D eigenvalue weighted by molar-refractivity contribution is 6.63. The lowest BCUT2D eigenvalue weighted by molar-refractivity contribution is 1.13. The predicted octanol–water partition coefficient (Wildman–Crippen LogP) is 19.4. The Kier molecular flexibility index (Phi) is 27.4. The van der Waals surface area contributed by atoms with Gasteiger partial charge in [-0.2, -0.15) is 21.0 Å². The standard InChI is InChI=1S/2C40H30N4.2CHCl3/c2*1-43(2)37-21-13-31(14-22-37)7-5-29-9-17-33(18-10-29)39-25-35(27-41)36(28-42)26-40(39)34-19-11-30(12-20-34)6-8-32-15-23-38(24-16-32)44(3)4;2*2-1(3)4/h2*9-26H,1-4H3;2*1H. The van der Waals surface area contributed by atoms with Gasteiger partial charge in [-0.05, 0) is 214 Å². The molecule has 0 aliphatic rings. The molecule has 0 heterocycles. The summed E-state index contributed by atoms with van der Waals surface area (Å²) in [7, 11) is 16.1. The highest BCUT2D eigenvalue weighted by atomic mass is 35.6. The molecule has 0 amide bonds. The van der Waals surface area contributed by atoms with Gasteiger partial charge in [-0.15, -0.1) is 0 Å². The SMILES string of the molecule is CN(C)c1ccc(C#Cc2ccc(-c3cc(C#N)c(C#N)cc3-c3ccc(C#Cc4ccc(N(C)C)cc4)cc3)cc2)cc1.CN(C)c1ccc(C#Cc2ccc(-c3cc(C#N)c(C#N)cc3-c3ccc(C#Cc4ccc(N(C)C)cc4)cc3)cc2)cc1.ClC(Cl)Cl.ClC(Cl)Cl. The van der Waals surface area contributed by atoms with Gasteiger partial charge in [-0.1, -0.05) is 166 Å². The first-order valence-electron chi connectivity index (χ1n) is 29.6. The highest BCUT2D eigenvalue weighted by Gasteiger charge is 2.16. The predicted molar refractivity (Wildman–Crippen MR) is 403 cm³/mol. The lowest BCUT2D eigenvalue weighted by Gasteiger charge is -2.13. The van der Waals surface area contributed by atoms with Crippen molar-refractivity contribution in [3.05, 3.63) is 285 Å². The van der Waals surface area contributed by atoms with Gasteiger partial charge in [0.15, 0.2) is 8.59 Å². The second kappa shape index (κ2) is 36.1. The van der Waals surface area contributed by atoms with Crippen molar-refractivity contribution >= 4 is 92.4 Å². The van der Waals surface area contributed by atoms with Gasteiger partial charge in [0.1, 0.15) is 24.3 Å². The van der Waals surface area contributed by atoms with Crippen LogP contribution in [-0.4, -0.2) is 65.0 Å². The summed E-state index contributed by atoms with van der Waals surface area (Å²) in [5, 5.41) is 39.0. The number of alkyl halides is 6. The maximum absolute atomic E-state index is 9.74. The molecule has 0 bridgehead atoms. The molecule has 0 N–H and O–H groups in total. The van der Waals surface area contributed by atoms with Crippen LogP contribution in [0.5, 0.6) is 0 Å². The van der Waals surface area contributed by atoms with E-state index in [-0.39, 0.29) is 0 Å². The van der Waals surface area contributed by atoms with Gasteiger partial charge in [-0.3, -0.25) is 0 Å². The van der Waals surface area contributed by atoms with E-state index in [4.69, 9.17) is 69.6 Å². The zero-order valence-electron chi connectivity index (χ0n) is 53.8. The number of halogens is 6. The van der Waals surface area contributed by atoms with Gasteiger partial charge in [0.2, 0.25) is 0 Å². The van der Waals surface area contributed by atoms with Gasteiger partial charge in [0, 0.05) is 124 Å². The third-order valence-corrected chi connectivity index (χ3v) is 14.5. The molecule has 10 aromatic rings. The smallest absolute Gasteiger partial charge is 0.180 e. The number of benzene rings is 10. The molecular formula is C82H62Cl6N8. The molecule has 0 spiro atoms. The summed E-state index contributed by atoms with van der Waals surface area (Å²) in [6, 6.07) is 80.3. The van der Waals surface area contributed by atoms with Crippen LogP contribution in [0.1, 0.15) is 66.8 Å². The number of nitrogens with zero attached hydrogens (tertiary/aromatic N) is 8. The minimum absolute atomic E-state index is 0.346. The van der Waals surface area contributed by atoms with Crippen LogP contribution in [0.25, 0.3) is 44.5 Å². The molecule has 0 unspecified atom stereocenters. The summed E-state index contributed by atoms with van der Waals surface area (Å²) in [5.74, 6) is 25.9. The Hall–Kier alpha value is -10.7. The average molecular weight is 1370 g/mol. The van der Waals surface area contributed by atoms with E-state index in [2.05, 4.69) is 140 Å². The maximum atomic E-state index is 9.74. The first-order chi connectivity index (χ1) is 46.1. The lowest BCUT2D eigenvalue weighted by Crippen LogP contribution is -2.07. The molecule has 0 fully saturated rings. The third-order valence-electron chi connectivity index (χ3n) is 14.5. The van der Waals surface area contributed by atoms with Gasteiger partial charge >= 0.3 is 0 Å².